The highest BCUT2D eigenvalue weighted by atomic mass is 16.5. The van der Waals surface area contributed by atoms with E-state index in [2.05, 4.69) is 16.2 Å². The normalized spacial score (nSPS) is 15.2. The van der Waals surface area contributed by atoms with Crippen LogP contribution in [0.15, 0.2) is 59.1 Å². The van der Waals surface area contributed by atoms with Gasteiger partial charge in [-0.3, -0.25) is 4.79 Å². The van der Waals surface area contributed by atoms with Crippen molar-refractivity contribution in [2.75, 3.05) is 13.1 Å². The maximum atomic E-state index is 12.5. The number of carbonyl (C=O) groups is 1. The van der Waals surface area contributed by atoms with Gasteiger partial charge in [-0.25, -0.2) is 0 Å². The summed E-state index contributed by atoms with van der Waals surface area (Å²) in [5.41, 5.74) is 2.88. The van der Waals surface area contributed by atoms with Crippen molar-refractivity contribution in [3.63, 3.8) is 0 Å². The Balaban J connectivity index is 1.42. The molecule has 1 saturated heterocycles. The first-order chi connectivity index (χ1) is 12.7. The fourth-order valence-corrected chi connectivity index (χ4v) is 3.40. The van der Waals surface area contributed by atoms with E-state index in [1.807, 2.05) is 60.4 Å². The van der Waals surface area contributed by atoms with Gasteiger partial charge in [0.25, 0.3) is 5.91 Å². The Kier molecular flexibility index (Phi) is 4.52. The molecule has 1 amide bonds. The van der Waals surface area contributed by atoms with Crippen molar-refractivity contribution in [1.29, 1.82) is 0 Å². The maximum Gasteiger partial charge on any atom is 0.253 e. The Morgan fingerprint density at radius 1 is 1.08 bits per heavy atom. The molecule has 1 aliphatic heterocycles. The van der Waals surface area contributed by atoms with Gasteiger partial charge in [-0.2, -0.15) is 4.98 Å². The molecule has 132 valence electrons. The number of piperidine rings is 1. The van der Waals surface area contributed by atoms with Gasteiger partial charge >= 0.3 is 0 Å². The van der Waals surface area contributed by atoms with Gasteiger partial charge in [-0.15, -0.1) is 0 Å². The van der Waals surface area contributed by atoms with Crippen molar-refractivity contribution >= 4 is 5.91 Å². The van der Waals surface area contributed by atoms with Gasteiger partial charge in [0.1, 0.15) is 0 Å². The zero-order valence-electron chi connectivity index (χ0n) is 14.8. The van der Waals surface area contributed by atoms with Gasteiger partial charge < -0.3 is 9.42 Å². The number of aryl methyl sites for hydroxylation is 1. The lowest BCUT2D eigenvalue weighted by Crippen LogP contribution is -2.37. The first-order valence-corrected chi connectivity index (χ1v) is 8.95. The van der Waals surface area contributed by atoms with Crippen LogP contribution in [-0.2, 0) is 0 Å². The molecule has 3 aromatic rings. The lowest BCUT2D eigenvalue weighted by atomic mass is 9.96. The van der Waals surface area contributed by atoms with Crippen LogP contribution in [0.25, 0.3) is 11.4 Å². The van der Waals surface area contributed by atoms with Crippen LogP contribution in [0.5, 0.6) is 0 Å². The maximum absolute atomic E-state index is 12.5. The van der Waals surface area contributed by atoms with E-state index in [4.69, 9.17) is 4.52 Å². The predicted octanol–water partition coefficient (Wildman–Crippen LogP) is 4.06. The molecule has 0 bridgehead atoms. The summed E-state index contributed by atoms with van der Waals surface area (Å²) in [7, 11) is 0. The Bertz CT molecular complexity index is 896. The number of amides is 1. The summed E-state index contributed by atoms with van der Waals surface area (Å²) < 4.78 is 5.51. The van der Waals surface area contributed by atoms with Crippen LogP contribution in [-0.4, -0.2) is 34.0 Å². The molecule has 0 atom stereocenters. The quantitative estimate of drug-likeness (QED) is 0.717. The number of benzene rings is 2. The fourth-order valence-electron chi connectivity index (χ4n) is 3.40. The van der Waals surface area contributed by atoms with E-state index in [0.29, 0.717) is 24.8 Å². The van der Waals surface area contributed by atoms with Crippen LogP contribution in [0.1, 0.15) is 40.6 Å². The molecule has 5 heteroatoms. The van der Waals surface area contributed by atoms with E-state index in [1.54, 1.807) is 0 Å². The molecule has 0 aliphatic carbocycles. The molecule has 2 aromatic carbocycles. The van der Waals surface area contributed by atoms with Crippen molar-refractivity contribution in [2.45, 2.75) is 25.7 Å². The van der Waals surface area contributed by atoms with Crippen LogP contribution in [0.4, 0.5) is 0 Å². The summed E-state index contributed by atoms with van der Waals surface area (Å²) in [5.74, 6) is 1.61. The zero-order chi connectivity index (χ0) is 17.9. The minimum Gasteiger partial charge on any atom is -0.339 e. The second-order valence-corrected chi connectivity index (χ2v) is 6.76. The number of likely N-dealkylation sites (tertiary alicyclic amines) is 1. The number of carbonyl (C=O) groups excluding carboxylic acids is 1. The average Bonchev–Trinajstić information content (AvgIpc) is 3.18. The topological polar surface area (TPSA) is 59.2 Å². The van der Waals surface area contributed by atoms with E-state index in [-0.39, 0.29) is 11.8 Å². The predicted molar refractivity (Wildman–Crippen MR) is 98.8 cm³/mol. The van der Waals surface area contributed by atoms with Crippen molar-refractivity contribution in [1.82, 2.24) is 15.0 Å². The molecule has 0 spiro atoms. The number of nitrogens with zero attached hydrogens (tertiary/aromatic N) is 3. The SMILES string of the molecule is Cc1cccc(-c2noc(C3CCN(C(=O)c4ccccc4)CC3)n2)c1. The highest BCUT2D eigenvalue weighted by Crippen LogP contribution is 2.29. The third-order valence-corrected chi connectivity index (χ3v) is 4.87. The highest BCUT2D eigenvalue weighted by Gasteiger charge is 2.28. The van der Waals surface area contributed by atoms with Crippen LogP contribution in [0.3, 0.4) is 0 Å². The van der Waals surface area contributed by atoms with Crippen molar-refractivity contribution in [3.05, 3.63) is 71.6 Å². The molecular formula is C21H21N3O2. The Hall–Kier alpha value is -2.95. The fraction of sp³-hybridized carbons (Fsp3) is 0.286. The van der Waals surface area contributed by atoms with Crippen molar-refractivity contribution < 1.29 is 9.32 Å². The Morgan fingerprint density at radius 3 is 2.58 bits per heavy atom. The third-order valence-electron chi connectivity index (χ3n) is 4.87. The minimum atomic E-state index is 0.0926. The van der Waals surface area contributed by atoms with E-state index >= 15 is 0 Å². The summed E-state index contributed by atoms with van der Waals surface area (Å²) in [6.07, 6.45) is 1.68. The summed E-state index contributed by atoms with van der Waals surface area (Å²) >= 11 is 0. The monoisotopic (exact) mass is 347 g/mol. The van der Waals surface area contributed by atoms with E-state index in [1.165, 1.54) is 5.56 Å². The van der Waals surface area contributed by atoms with Gasteiger partial charge in [0.2, 0.25) is 11.7 Å². The highest BCUT2D eigenvalue weighted by molar-refractivity contribution is 5.94. The summed E-state index contributed by atoms with van der Waals surface area (Å²) in [5, 5.41) is 4.14. The Labute approximate surface area is 152 Å². The van der Waals surface area contributed by atoms with Crippen LogP contribution >= 0.6 is 0 Å². The molecule has 0 N–H and O–H groups in total. The number of hydrogen-bond acceptors (Lipinski definition) is 4. The van der Waals surface area contributed by atoms with E-state index < -0.39 is 0 Å². The average molecular weight is 347 g/mol. The van der Waals surface area contributed by atoms with Crippen LogP contribution in [0, 0.1) is 6.92 Å². The van der Waals surface area contributed by atoms with Gasteiger partial charge in [-0.05, 0) is 38.0 Å². The van der Waals surface area contributed by atoms with Gasteiger partial charge in [-0.1, -0.05) is 47.1 Å². The molecular weight excluding hydrogens is 326 g/mol. The smallest absolute Gasteiger partial charge is 0.253 e. The lowest BCUT2D eigenvalue weighted by molar-refractivity contribution is 0.0704. The first-order valence-electron chi connectivity index (χ1n) is 8.95. The van der Waals surface area contributed by atoms with Gasteiger partial charge in [0.05, 0.1) is 0 Å². The largest absolute Gasteiger partial charge is 0.339 e. The summed E-state index contributed by atoms with van der Waals surface area (Å²) in [6, 6.07) is 17.5. The molecule has 2 heterocycles. The molecule has 5 nitrogen and oxygen atoms in total. The van der Waals surface area contributed by atoms with Crippen LogP contribution in [0.2, 0.25) is 0 Å². The van der Waals surface area contributed by atoms with Gasteiger partial charge in [0, 0.05) is 30.1 Å². The van der Waals surface area contributed by atoms with Crippen LogP contribution < -0.4 is 0 Å². The molecule has 1 aromatic heterocycles. The second kappa shape index (κ2) is 7.12. The molecule has 1 fully saturated rings. The molecule has 1 aliphatic rings. The lowest BCUT2D eigenvalue weighted by Gasteiger charge is -2.30. The number of aromatic nitrogens is 2. The number of rotatable bonds is 3. The van der Waals surface area contributed by atoms with E-state index in [0.717, 1.165) is 24.0 Å². The van der Waals surface area contributed by atoms with Gasteiger partial charge in [0.15, 0.2) is 0 Å². The summed E-state index contributed by atoms with van der Waals surface area (Å²) in [4.78, 5) is 19.0. The minimum absolute atomic E-state index is 0.0926. The van der Waals surface area contributed by atoms with E-state index in [9.17, 15) is 4.79 Å². The zero-order valence-corrected chi connectivity index (χ0v) is 14.8. The molecule has 26 heavy (non-hydrogen) atoms. The number of hydrogen-bond donors (Lipinski definition) is 0. The standard InChI is InChI=1S/C21H21N3O2/c1-15-6-5-9-18(14-15)19-22-20(26-23-19)16-10-12-24(13-11-16)21(25)17-7-3-2-4-8-17/h2-9,14,16H,10-13H2,1H3. The first kappa shape index (κ1) is 16.5. The third kappa shape index (κ3) is 3.38. The summed E-state index contributed by atoms with van der Waals surface area (Å²) in [6.45, 7) is 3.46. The Morgan fingerprint density at radius 2 is 1.85 bits per heavy atom. The molecule has 0 unspecified atom stereocenters. The van der Waals surface area contributed by atoms with Crippen molar-refractivity contribution in [3.8, 4) is 11.4 Å². The molecule has 0 radical (unpaired) electrons. The second-order valence-electron chi connectivity index (χ2n) is 6.76. The van der Waals surface area contributed by atoms with Crippen molar-refractivity contribution in [2.24, 2.45) is 0 Å². The molecule has 0 saturated carbocycles. The molecule has 4 rings (SSSR count).